The van der Waals surface area contributed by atoms with Crippen molar-refractivity contribution < 1.29 is 4.74 Å². The van der Waals surface area contributed by atoms with Crippen molar-refractivity contribution >= 4 is 22.7 Å². The Hall–Kier alpha value is -2.78. The molecule has 6 heteroatoms. The molecule has 1 N–H and O–H groups in total. The fraction of sp³-hybridized carbons (Fsp3) is 0.222. The van der Waals surface area contributed by atoms with Crippen molar-refractivity contribution in [1.82, 2.24) is 5.43 Å². The van der Waals surface area contributed by atoms with Crippen LogP contribution in [0.4, 0.5) is 5.69 Å². The molecule has 122 valence electrons. The van der Waals surface area contributed by atoms with E-state index in [-0.39, 0.29) is 0 Å². The second kappa shape index (κ2) is 7.20. The molecule has 0 saturated carbocycles. The van der Waals surface area contributed by atoms with E-state index in [0.717, 1.165) is 27.7 Å². The minimum Gasteiger partial charge on any atom is -0.497 e. The van der Waals surface area contributed by atoms with Gasteiger partial charge in [-0.3, -0.25) is 5.43 Å². The van der Waals surface area contributed by atoms with Gasteiger partial charge in [-0.2, -0.15) is 10.4 Å². The third-order valence-electron chi connectivity index (χ3n) is 3.87. The van der Waals surface area contributed by atoms with Gasteiger partial charge >= 0.3 is 0 Å². The molecule has 1 aromatic heterocycles. The number of hydrogen-bond donors (Lipinski definition) is 1. The molecule has 0 spiro atoms. The van der Waals surface area contributed by atoms with E-state index in [4.69, 9.17) is 4.74 Å². The van der Waals surface area contributed by atoms with Crippen molar-refractivity contribution in [1.29, 1.82) is 5.26 Å². The number of anilines is 1. The summed E-state index contributed by atoms with van der Waals surface area (Å²) in [4.78, 5) is 3.25. The summed E-state index contributed by atoms with van der Waals surface area (Å²) in [6.45, 7) is 3.18. The zero-order valence-corrected chi connectivity index (χ0v) is 14.4. The fourth-order valence-electron chi connectivity index (χ4n) is 2.50. The first-order valence-electron chi connectivity index (χ1n) is 7.56. The van der Waals surface area contributed by atoms with Crippen LogP contribution >= 0.6 is 11.3 Å². The summed E-state index contributed by atoms with van der Waals surface area (Å²) in [5, 5.41) is 15.8. The number of methoxy groups -OCH3 is 1. The lowest BCUT2D eigenvalue weighted by Gasteiger charge is -2.18. The van der Waals surface area contributed by atoms with E-state index in [1.165, 1.54) is 0 Å². The number of thiophene rings is 1. The molecule has 5 nitrogen and oxygen atoms in total. The molecule has 0 saturated heterocycles. The number of nitriles is 1. The molecule has 2 heterocycles. The Morgan fingerprint density at radius 3 is 2.71 bits per heavy atom. The summed E-state index contributed by atoms with van der Waals surface area (Å²) in [5.74, 6) is 0.820. The van der Waals surface area contributed by atoms with Gasteiger partial charge in [0.15, 0.2) is 0 Å². The van der Waals surface area contributed by atoms with Crippen molar-refractivity contribution in [3.63, 3.8) is 0 Å². The first-order chi connectivity index (χ1) is 11.7. The average molecular weight is 338 g/mol. The highest BCUT2D eigenvalue weighted by molar-refractivity contribution is 7.12. The van der Waals surface area contributed by atoms with Crippen molar-refractivity contribution in [3.8, 4) is 11.8 Å². The van der Waals surface area contributed by atoms with E-state index in [9.17, 15) is 5.26 Å². The molecule has 1 aliphatic rings. The molecule has 1 aliphatic heterocycles. The minimum absolute atomic E-state index is 0.582. The summed E-state index contributed by atoms with van der Waals surface area (Å²) in [6, 6.07) is 14.1. The second-order valence-corrected chi connectivity index (χ2v) is 6.36. The van der Waals surface area contributed by atoms with E-state index in [2.05, 4.69) is 21.5 Å². The van der Waals surface area contributed by atoms with E-state index in [1.807, 2.05) is 48.7 Å². The lowest BCUT2D eigenvalue weighted by Crippen LogP contribution is -2.22. The van der Waals surface area contributed by atoms with E-state index < -0.39 is 0 Å². The molecule has 0 aliphatic carbocycles. The Morgan fingerprint density at radius 2 is 2.08 bits per heavy atom. The molecular formula is C18H18N4OS. The first-order valence-corrected chi connectivity index (χ1v) is 8.44. The second-order valence-electron chi connectivity index (χ2n) is 5.41. The van der Waals surface area contributed by atoms with Crippen molar-refractivity contribution in [2.24, 2.45) is 5.10 Å². The van der Waals surface area contributed by atoms with Gasteiger partial charge in [0.25, 0.3) is 0 Å². The highest BCUT2D eigenvalue weighted by Gasteiger charge is 2.22. The van der Waals surface area contributed by atoms with Crippen LogP contribution < -0.4 is 15.1 Å². The summed E-state index contributed by atoms with van der Waals surface area (Å²) in [7, 11) is 1.65. The molecule has 24 heavy (non-hydrogen) atoms. The molecule has 2 aromatic rings. The Kier molecular flexibility index (Phi) is 4.82. The Labute approximate surface area is 145 Å². The van der Waals surface area contributed by atoms with E-state index >= 15 is 0 Å². The van der Waals surface area contributed by atoms with Crippen molar-refractivity contribution in [3.05, 3.63) is 57.9 Å². The zero-order chi connectivity index (χ0) is 16.9. The van der Waals surface area contributed by atoms with Crippen LogP contribution in [-0.2, 0) is 0 Å². The summed E-state index contributed by atoms with van der Waals surface area (Å²) in [6.07, 6.45) is 0. The molecule has 0 radical (unpaired) electrons. The van der Waals surface area contributed by atoms with Crippen LogP contribution in [0.5, 0.6) is 5.75 Å². The number of benzene rings is 1. The summed E-state index contributed by atoms with van der Waals surface area (Å²) in [5.41, 5.74) is 6.62. The van der Waals surface area contributed by atoms with Gasteiger partial charge in [0.2, 0.25) is 0 Å². The van der Waals surface area contributed by atoms with Gasteiger partial charge in [-0.15, -0.1) is 11.3 Å². The van der Waals surface area contributed by atoms with Gasteiger partial charge in [0, 0.05) is 10.6 Å². The molecular weight excluding hydrogens is 320 g/mol. The first kappa shape index (κ1) is 16.1. The number of ether oxygens (including phenoxy) is 1. The van der Waals surface area contributed by atoms with Crippen molar-refractivity contribution in [2.45, 2.75) is 6.92 Å². The Balaban J connectivity index is 1.71. The maximum Gasteiger partial charge on any atom is 0.119 e. The number of nitrogens with zero attached hydrogens (tertiary/aromatic N) is 3. The number of nitrogens with one attached hydrogen (secondary N) is 1. The standard InChI is InChI=1S/C18H18N4OS/c1-13(18-4-3-9-24-18)20-21-17-12-22(11-14(17)10-19)15-5-7-16(23-2)8-6-15/h3-9,21H,11-12H2,1-2H3/b20-13+. The smallest absolute Gasteiger partial charge is 0.119 e. The zero-order valence-electron chi connectivity index (χ0n) is 13.6. The Morgan fingerprint density at radius 1 is 1.29 bits per heavy atom. The van der Waals surface area contributed by atoms with Gasteiger partial charge in [-0.05, 0) is 42.6 Å². The van der Waals surface area contributed by atoms with E-state index in [1.54, 1.807) is 18.4 Å². The molecule has 1 aromatic carbocycles. The van der Waals surface area contributed by atoms with Crippen LogP contribution in [0.2, 0.25) is 0 Å². The minimum atomic E-state index is 0.582. The normalized spacial score (nSPS) is 14.7. The van der Waals surface area contributed by atoms with Crippen LogP contribution in [0.25, 0.3) is 0 Å². The molecule has 0 bridgehead atoms. The summed E-state index contributed by atoms with van der Waals surface area (Å²) < 4.78 is 5.19. The summed E-state index contributed by atoms with van der Waals surface area (Å²) >= 11 is 1.65. The average Bonchev–Trinajstić information content (AvgIpc) is 3.29. The van der Waals surface area contributed by atoms with Crippen LogP contribution in [0.15, 0.2) is 58.1 Å². The van der Waals surface area contributed by atoms with Gasteiger partial charge < -0.3 is 9.64 Å². The predicted molar refractivity (Wildman–Crippen MR) is 97.5 cm³/mol. The fourth-order valence-corrected chi connectivity index (χ4v) is 3.18. The largest absolute Gasteiger partial charge is 0.497 e. The number of hydrazone groups is 1. The maximum absolute atomic E-state index is 9.39. The monoisotopic (exact) mass is 338 g/mol. The predicted octanol–water partition coefficient (Wildman–Crippen LogP) is 3.37. The quantitative estimate of drug-likeness (QED) is 0.671. The molecule has 0 fully saturated rings. The lowest BCUT2D eigenvalue weighted by molar-refractivity contribution is 0.415. The molecule has 0 unspecified atom stereocenters. The highest BCUT2D eigenvalue weighted by Crippen LogP contribution is 2.25. The topological polar surface area (TPSA) is 60.6 Å². The van der Waals surface area contributed by atoms with Gasteiger partial charge in [0.05, 0.1) is 43.3 Å². The van der Waals surface area contributed by atoms with Gasteiger partial charge in [0.1, 0.15) is 5.75 Å². The SMILES string of the molecule is COc1ccc(N2CC(C#N)=C(N/N=C(\C)c3cccs3)C2)cc1. The number of hydrogen-bond acceptors (Lipinski definition) is 6. The van der Waals surface area contributed by atoms with Crippen LogP contribution in [-0.4, -0.2) is 25.9 Å². The van der Waals surface area contributed by atoms with Crippen LogP contribution in [0.3, 0.4) is 0 Å². The van der Waals surface area contributed by atoms with E-state index in [0.29, 0.717) is 18.7 Å². The molecule has 3 rings (SSSR count). The van der Waals surface area contributed by atoms with Crippen LogP contribution in [0, 0.1) is 11.3 Å². The van der Waals surface area contributed by atoms with Crippen LogP contribution in [0.1, 0.15) is 11.8 Å². The van der Waals surface area contributed by atoms with Gasteiger partial charge in [-0.25, -0.2) is 0 Å². The maximum atomic E-state index is 9.39. The number of rotatable bonds is 5. The third kappa shape index (κ3) is 3.42. The lowest BCUT2D eigenvalue weighted by atomic mass is 10.2. The Bertz CT molecular complexity index is 801. The van der Waals surface area contributed by atoms with Gasteiger partial charge in [-0.1, -0.05) is 6.07 Å². The highest BCUT2D eigenvalue weighted by atomic mass is 32.1. The third-order valence-corrected chi connectivity index (χ3v) is 4.85. The molecule has 0 atom stereocenters. The molecule has 0 amide bonds. The van der Waals surface area contributed by atoms with Crippen molar-refractivity contribution in [2.75, 3.05) is 25.1 Å².